The molecule has 0 saturated carbocycles. The van der Waals surface area contributed by atoms with Gasteiger partial charge < -0.3 is 19.8 Å². The van der Waals surface area contributed by atoms with Gasteiger partial charge in [0.1, 0.15) is 35.8 Å². The lowest BCUT2D eigenvalue weighted by molar-refractivity contribution is -0.191. The van der Waals surface area contributed by atoms with Gasteiger partial charge in [0.25, 0.3) is 0 Å². The van der Waals surface area contributed by atoms with Crippen molar-refractivity contribution in [3.05, 3.63) is 72.2 Å². The lowest BCUT2D eigenvalue weighted by atomic mass is 10.0. The average molecular weight is 570 g/mol. The number of imidazole rings is 1. The van der Waals surface area contributed by atoms with Crippen LogP contribution < -0.4 is 9.80 Å². The maximum absolute atomic E-state index is 13.9. The van der Waals surface area contributed by atoms with E-state index in [9.17, 15) is 22.4 Å². The van der Waals surface area contributed by atoms with Gasteiger partial charge in [0.2, 0.25) is 5.91 Å². The molecule has 41 heavy (non-hydrogen) atoms. The summed E-state index contributed by atoms with van der Waals surface area (Å²) in [6.45, 7) is -0.802. The summed E-state index contributed by atoms with van der Waals surface area (Å²) in [5.74, 6) is -0.232. The summed E-state index contributed by atoms with van der Waals surface area (Å²) in [6, 6.07) is 13.3. The number of amides is 1. The highest BCUT2D eigenvalue weighted by atomic mass is 19.4. The summed E-state index contributed by atoms with van der Waals surface area (Å²) in [7, 11) is 0. The number of rotatable bonds is 5. The largest absolute Gasteiger partial charge is 0.410 e. The number of piperazine rings is 1. The van der Waals surface area contributed by atoms with E-state index in [1.54, 1.807) is 41.0 Å². The SMILES string of the molecule is O=C(CO)N1CCN(c2cccc(-c3cnc4ccc(N5CCCC5c5cccc(F)c5)nn34)n2)CC1C(F)(F)F. The highest BCUT2D eigenvalue weighted by Gasteiger charge is 2.48. The summed E-state index contributed by atoms with van der Waals surface area (Å²) in [4.78, 5) is 25.3. The predicted octanol–water partition coefficient (Wildman–Crippen LogP) is 3.84. The second kappa shape index (κ2) is 10.6. The maximum Gasteiger partial charge on any atom is 0.410 e. The van der Waals surface area contributed by atoms with Gasteiger partial charge in [-0.1, -0.05) is 18.2 Å². The van der Waals surface area contributed by atoms with Crippen LogP contribution in [0.5, 0.6) is 0 Å². The van der Waals surface area contributed by atoms with Gasteiger partial charge >= 0.3 is 6.18 Å². The Morgan fingerprint density at radius 3 is 2.63 bits per heavy atom. The second-order valence-electron chi connectivity index (χ2n) is 10.1. The molecule has 2 atom stereocenters. The minimum absolute atomic E-state index is 0.0259. The fourth-order valence-corrected chi connectivity index (χ4v) is 5.70. The lowest BCUT2D eigenvalue weighted by Crippen LogP contribution is -2.61. The Labute approximate surface area is 232 Å². The molecule has 2 fully saturated rings. The summed E-state index contributed by atoms with van der Waals surface area (Å²) in [6.07, 6.45) is -1.26. The van der Waals surface area contributed by atoms with Gasteiger partial charge in [-0.2, -0.15) is 13.2 Å². The van der Waals surface area contributed by atoms with Crippen LogP contribution in [0, 0.1) is 5.82 Å². The van der Waals surface area contributed by atoms with Crippen LogP contribution in [0.25, 0.3) is 17.0 Å². The van der Waals surface area contributed by atoms with Crippen LogP contribution in [0.2, 0.25) is 0 Å². The Hall–Kier alpha value is -4.26. The minimum atomic E-state index is -4.66. The van der Waals surface area contributed by atoms with Crippen molar-refractivity contribution in [2.24, 2.45) is 0 Å². The molecule has 1 aromatic carbocycles. The number of carbonyl (C=O) groups excluding carboxylic acids is 1. The van der Waals surface area contributed by atoms with Gasteiger partial charge in [-0.05, 0) is 54.8 Å². The topological polar surface area (TPSA) is 90.1 Å². The molecule has 0 radical (unpaired) electrons. The van der Waals surface area contributed by atoms with Crippen molar-refractivity contribution in [1.29, 1.82) is 0 Å². The molecule has 0 aliphatic carbocycles. The standard InChI is InChI=1S/C28H27F4N7O2/c29-19-5-1-4-18(14-19)21-7-3-11-37(21)26-10-9-24-33-15-22(39(24)35-26)20-6-2-8-25(34-20)36-12-13-38(27(41)17-40)23(16-36)28(30,31)32/h1-2,4-6,8-10,14-15,21,23,40H,3,7,11-13,16-17H2. The zero-order chi connectivity index (χ0) is 28.7. The molecule has 9 nitrogen and oxygen atoms in total. The van der Waals surface area contributed by atoms with Gasteiger partial charge in [0, 0.05) is 26.2 Å². The molecule has 13 heteroatoms. The third-order valence-corrected chi connectivity index (χ3v) is 7.66. The Bertz CT molecular complexity index is 1580. The molecule has 2 unspecified atom stereocenters. The number of halogens is 4. The van der Waals surface area contributed by atoms with Gasteiger partial charge in [-0.3, -0.25) is 4.79 Å². The van der Waals surface area contributed by atoms with Crippen LogP contribution in [0.15, 0.2) is 60.8 Å². The smallest absolute Gasteiger partial charge is 0.387 e. The zero-order valence-electron chi connectivity index (χ0n) is 21.9. The van der Waals surface area contributed by atoms with Crippen molar-refractivity contribution < 1.29 is 27.5 Å². The summed E-state index contributed by atoms with van der Waals surface area (Å²) >= 11 is 0. The van der Waals surface area contributed by atoms with E-state index < -0.39 is 31.3 Å². The highest BCUT2D eigenvalue weighted by Crippen LogP contribution is 2.36. The van der Waals surface area contributed by atoms with Crippen molar-refractivity contribution in [1.82, 2.24) is 24.5 Å². The Morgan fingerprint density at radius 1 is 1.02 bits per heavy atom. The zero-order valence-corrected chi connectivity index (χ0v) is 21.9. The van der Waals surface area contributed by atoms with Crippen LogP contribution in [-0.2, 0) is 4.79 Å². The van der Waals surface area contributed by atoms with E-state index in [2.05, 4.69) is 14.9 Å². The van der Waals surface area contributed by atoms with Crippen molar-refractivity contribution in [2.45, 2.75) is 31.1 Å². The number of benzene rings is 1. The lowest BCUT2D eigenvalue weighted by Gasteiger charge is -2.42. The summed E-state index contributed by atoms with van der Waals surface area (Å²) < 4.78 is 57.0. The van der Waals surface area contributed by atoms with Crippen LogP contribution in [0.1, 0.15) is 24.4 Å². The van der Waals surface area contributed by atoms with E-state index in [-0.39, 0.29) is 24.9 Å². The molecule has 0 bridgehead atoms. The molecule has 1 amide bonds. The number of aromatic nitrogens is 4. The van der Waals surface area contributed by atoms with Crippen molar-refractivity contribution in [3.63, 3.8) is 0 Å². The first kappa shape index (κ1) is 26.9. The van der Waals surface area contributed by atoms with Crippen molar-refractivity contribution >= 4 is 23.2 Å². The molecule has 6 rings (SSSR count). The number of aliphatic hydroxyl groups is 1. The third kappa shape index (κ3) is 5.17. The fourth-order valence-electron chi connectivity index (χ4n) is 5.70. The Kier molecular flexibility index (Phi) is 6.98. The number of pyridine rings is 1. The number of anilines is 2. The number of hydrogen-bond acceptors (Lipinski definition) is 7. The quantitative estimate of drug-likeness (QED) is 0.366. The first-order chi connectivity index (χ1) is 19.7. The number of fused-ring (bicyclic) bond motifs is 1. The minimum Gasteiger partial charge on any atom is -0.387 e. The number of alkyl halides is 3. The first-order valence-corrected chi connectivity index (χ1v) is 13.3. The van der Waals surface area contributed by atoms with Gasteiger partial charge in [-0.25, -0.2) is 18.9 Å². The molecule has 0 spiro atoms. The Morgan fingerprint density at radius 2 is 1.85 bits per heavy atom. The molecule has 214 valence electrons. The van der Waals surface area contributed by atoms with Gasteiger partial charge in [-0.15, -0.1) is 5.10 Å². The molecule has 2 aliphatic heterocycles. The number of aliphatic hydroxyl groups excluding tert-OH is 1. The van der Waals surface area contributed by atoms with E-state index in [4.69, 9.17) is 10.2 Å². The Balaban J connectivity index is 1.30. The monoisotopic (exact) mass is 569 g/mol. The molecule has 4 aromatic rings. The van der Waals surface area contributed by atoms with Crippen LogP contribution in [0.4, 0.5) is 29.2 Å². The van der Waals surface area contributed by atoms with Gasteiger partial charge in [0.15, 0.2) is 5.65 Å². The van der Waals surface area contributed by atoms with Crippen LogP contribution in [-0.4, -0.2) is 80.5 Å². The van der Waals surface area contributed by atoms with Crippen molar-refractivity contribution in [2.75, 3.05) is 42.6 Å². The van der Waals surface area contributed by atoms with E-state index in [0.29, 0.717) is 33.6 Å². The fraction of sp³-hybridized carbons (Fsp3) is 0.357. The average Bonchev–Trinajstić information content (AvgIpc) is 3.63. The second-order valence-corrected chi connectivity index (χ2v) is 10.1. The third-order valence-electron chi connectivity index (χ3n) is 7.66. The molecule has 2 aliphatic rings. The molecular weight excluding hydrogens is 542 g/mol. The van der Waals surface area contributed by atoms with E-state index in [1.807, 2.05) is 18.2 Å². The number of hydrogen-bond donors (Lipinski definition) is 1. The van der Waals surface area contributed by atoms with Crippen LogP contribution >= 0.6 is 0 Å². The van der Waals surface area contributed by atoms with E-state index in [0.717, 1.165) is 24.9 Å². The summed E-state index contributed by atoms with van der Waals surface area (Å²) in [5, 5.41) is 14.0. The van der Waals surface area contributed by atoms with E-state index in [1.165, 1.54) is 11.0 Å². The highest BCUT2D eigenvalue weighted by molar-refractivity contribution is 5.78. The van der Waals surface area contributed by atoms with E-state index >= 15 is 0 Å². The molecular formula is C28H27F4N7O2. The normalized spacial score (nSPS) is 19.8. The molecule has 3 aromatic heterocycles. The molecule has 1 N–H and O–H groups in total. The van der Waals surface area contributed by atoms with Crippen molar-refractivity contribution in [3.8, 4) is 11.4 Å². The maximum atomic E-state index is 13.9. The predicted molar refractivity (Wildman–Crippen MR) is 143 cm³/mol. The molecule has 5 heterocycles. The van der Waals surface area contributed by atoms with Crippen LogP contribution in [0.3, 0.4) is 0 Å². The summed E-state index contributed by atoms with van der Waals surface area (Å²) in [5.41, 5.74) is 2.49. The number of nitrogens with zero attached hydrogens (tertiary/aromatic N) is 7. The molecule has 2 saturated heterocycles. The first-order valence-electron chi connectivity index (χ1n) is 13.3. The number of carbonyl (C=O) groups is 1. The van der Waals surface area contributed by atoms with Gasteiger partial charge in [0.05, 0.1) is 17.9 Å².